The summed E-state index contributed by atoms with van der Waals surface area (Å²) in [5.74, 6) is -1.73. The third kappa shape index (κ3) is 5.29. The minimum absolute atomic E-state index is 0.0190. The monoisotopic (exact) mass is 462 g/mol. The highest BCUT2D eigenvalue weighted by atomic mass is 79.9. The zero-order valence-electron chi connectivity index (χ0n) is 15.3. The van der Waals surface area contributed by atoms with Crippen molar-refractivity contribution in [1.82, 2.24) is 9.55 Å². The first-order valence-corrected chi connectivity index (χ1v) is 9.09. The average molecular weight is 463 g/mol. The summed E-state index contributed by atoms with van der Waals surface area (Å²) in [7, 11) is 0. The van der Waals surface area contributed by atoms with Crippen LogP contribution in [0.2, 0.25) is 0 Å². The van der Waals surface area contributed by atoms with E-state index >= 15 is 0 Å². The third-order valence-electron chi connectivity index (χ3n) is 3.77. The van der Waals surface area contributed by atoms with Crippen LogP contribution in [0.15, 0.2) is 15.8 Å². The Morgan fingerprint density at radius 2 is 1.79 bits per heavy atom. The molecule has 1 aliphatic rings. The molecule has 1 aliphatic heterocycles. The number of rotatable bonds is 6. The lowest BCUT2D eigenvalue weighted by atomic mass is 10.2. The summed E-state index contributed by atoms with van der Waals surface area (Å²) < 4.78 is 21.8. The standard InChI is InChI=1S/C16H19BrN2O9/c1-7(20)25-5-10-4-19(16(24)18-14(10)23)15-12(17)13(27-9(3)22)11(28-15)6-26-8(2)21/h4,11-13,15H,5-6H2,1-3H3,(H,18,23,24)/t11-,12-,13-,15-/m1/s1. The van der Waals surface area contributed by atoms with Gasteiger partial charge in [0, 0.05) is 27.0 Å². The highest BCUT2D eigenvalue weighted by Crippen LogP contribution is 2.36. The van der Waals surface area contributed by atoms with Crippen molar-refractivity contribution in [2.24, 2.45) is 0 Å². The van der Waals surface area contributed by atoms with Gasteiger partial charge in [0.05, 0.1) is 10.4 Å². The second kappa shape index (κ2) is 9.15. The van der Waals surface area contributed by atoms with Crippen LogP contribution in [0.1, 0.15) is 32.6 Å². The molecule has 28 heavy (non-hydrogen) atoms. The molecule has 1 aromatic rings. The second-order valence-corrected chi connectivity index (χ2v) is 7.04. The molecule has 0 aliphatic carbocycles. The molecule has 0 aromatic carbocycles. The first-order valence-electron chi connectivity index (χ1n) is 8.18. The number of halogens is 1. The fourth-order valence-electron chi connectivity index (χ4n) is 2.58. The number of esters is 3. The summed E-state index contributed by atoms with van der Waals surface area (Å²) in [6.07, 6.45) is -1.51. The van der Waals surface area contributed by atoms with Gasteiger partial charge in [-0.1, -0.05) is 15.9 Å². The van der Waals surface area contributed by atoms with Crippen molar-refractivity contribution < 1.29 is 33.3 Å². The number of H-pyrrole nitrogens is 1. The topological polar surface area (TPSA) is 143 Å². The molecule has 1 saturated heterocycles. The van der Waals surface area contributed by atoms with Crippen LogP contribution in [0, 0.1) is 0 Å². The van der Waals surface area contributed by atoms with E-state index in [2.05, 4.69) is 20.9 Å². The van der Waals surface area contributed by atoms with E-state index in [1.807, 2.05) is 0 Å². The Balaban J connectivity index is 2.34. The number of carbonyl (C=O) groups excluding carboxylic acids is 3. The molecule has 2 rings (SSSR count). The van der Waals surface area contributed by atoms with Crippen LogP contribution in [-0.4, -0.2) is 51.1 Å². The van der Waals surface area contributed by atoms with Crippen LogP contribution in [0.3, 0.4) is 0 Å². The summed E-state index contributed by atoms with van der Waals surface area (Å²) in [5, 5.41) is 0. The Morgan fingerprint density at radius 3 is 2.36 bits per heavy atom. The molecule has 11 nitrogen and oxygen atoms in total. The number of nitrogens with zero attached hydrogens (tertiary/aromatic N) is 1. The summed E-state index contributed by atoms with van der Waals surface area (Å²) in [5.41, 5.74) is -1.47. The van der Waals surface area contributed by atoms with E-state index in [-0.39, 0.29) is 18.8 Å². The van der Waals surface area contributed by atoms with Gasteiger partial charge in [-0.05, 0) is 0 Å². The lowest BCUT2D eigenvalue weighted by molar-refractivity contribution is -0.155. The molecule has 2 heterocycles. The summed E-state index contributed by atoms with van der Waals surface area (Å²) >= 11 is 3.34. The molecule has 1 aromatic heterocycles. The van der Waals surface area contributed by atoms with E-state index in [4.69, 9.17) is 18.9 Å². The lowest BCUT2D eigenvalue weighted by Crippen LogP contribution is -2.38. The molecule has 0 amide bonds. The maximum absolute atomic E-state index is 12.3. The van der Waals surface area contributed by atoms with Crippen LogP contribution in [0.25, 0.3) is 0 Å². The maximum Gasteiger partial charge on any atom is 0.330 e. The summed E-state index contributed by atoms with van der Waals surface area (Å²) in [6, 6.07) is 0. The third-order valence-corrected chi connectivity index (χ3v) is 4.74. The van der Waals surface area contributed by atoms with E-state index in [9.17, 15) is 24.0 Å². The smallest absolute Gasteiger partial charge is 0.330 e. The fourth-order valence-corrected chi connectivity index (χ4v) is 3.41. The molecular weight excluding hydrogens is 444 g/mol. The van der Waals surface area contributed by atoms with Crippen LogP contribution < -0.4 is 11.2 Å². The minimum atomic E-state index is -0.995. The Kier molecular flexibility index (Phi) is 7.13. The Hall–Kier alpha value is -2.47. The molecule has 12 heteroatoms. The van der Waals surface area contributed by atoms with E-state index < -0.39 is 52.4 Å². The van der Waals surface area contributed by atoms with Gasteiger partial charge >= 0.3 is 23.6 Å². The highest BCUT2D eigenvalue weighted by Gasteiger charge is 2.47. The highest BCUT2D eigenvalue weighted by molar-refractivity contribution is 9.09. The number of aromatic amines is 1. The SMILES string of the molecule is CC(=O)OCc1cn([C@@H]2O[C@H](COC(C)=O)[C@@H](OC(C)=O)[C@H]2Br)c(=O)[nH]c1=O. The van der Waals surface area contributed by atoms with Gasteiger partial charge in [-0.3, -0.25) is 28.7 Å². The van der Waals surface area contributed by atoms with Crippen molar-refractivity contribution in [1.29, 1.82) is 0 Å². The Bertz CT molecular complexity index is 878. The molecule has 0 spiro atoms. The van der Waals surface area contributed by atoms with Crippen molar-refractivity contribution in [2.75, 3.05) is 6.61 Å². The predicted octanol–water partition coefficient (Wildman–Crippen LogP) is -0.245. The van der Waals surface area contributed by atoms with Crippen molar-refractivity contribution in [2.45, 2.75) is 50.6 Å². The largest absolute Gasteiger partial charge is 0.463 e. The first-order chi connectivity index (χ1) is 13.1. The van der Waals surface area contributed by atoms with E-state index in [1.54, 1.807) is 0 Å². The van der Waals surface area contributed by atoms with Crippen molar-refractivity contribution in [3.05, 3.63) is 32.6 Å². The molecule has 0 bridgehead atoms. The number of ether oxygens (including phenoxy) is 4. The Morgan fingerprint density at radius 1 is 1.14 bits per heavy atom. The van der Waals surface area contributed by atoms with Crippen molar-refractivity contribution in [3.63, 3.8) is 0 Å². The minimum Gasteiger partial charge on any atom is -0.463 e. The maximum atomic E-state index is 12.3. The lowest BCUT2D eigenvalue weighted by Gasteiger charge is -2.19. The second-order valence-electron chi connectivity index (χ2n) is 5.99. The molecule has 4 atom stereocenters. The molecule has 1 N–H and O–H groups in total. The van der Waals surface area contributed by atoms with Gasteiger partial charge in [-0.25, -0.2) is 4.79 Å². The van der Waals surface area contributed by atoms with E-state index in [1.165, 1.54) is 27.0 Å². The zero-order valence-corrected chi connectivity index (χ0v) is 16.9. The number of aromatic nitrogens is 2. The quantitative estimate of drug-likeness (QED) is 0.343. The zero-order chi connectivity index (χ0) is 21.0. The van der Waals surface area contributed by atoms with Gasteiger partial charge in [-0.2, -0.15) is 0 Å². The van der Waals surface area contributed by atoms with Gasteiger partial charge in [0.1, 0.15) is 25.4 Å². The molecular formula is C16H19BrN2O9. The number of hydrogen-bond donors (Lipinski definition) is 1. The van der Waals surface area contributed by atoms with Gasteiger partial charge in [0.2, 0.25) is 0 Å². The van der Waals surface area contributed by atoms with Gasteiger partial charge in [0.15, 0.2) is 6.23 Å². The van der Waals surface area contributed by atoms with Crippen LogP contribution in [-0.2, 0) is 39.9 Å². The van der Waals surface area contributed by atoms with E-state index in [0.717, 1.165) is 4.57 Å². The number of hydrogen-bond acceptors (Lipinski definition) is 9. The fraction of sp³-hybridized carbons (Fsp3) is 0.562. The Labute approximate surface area is 167 Å². The van der Waals surface area contributed by atoms with E-state index in [0.29, 0.717) is 0 Å². The number of carbonyl (C=O) groups is 3. The van der Waals surface area contributed by atoms with Crippen molar-refractivity contribution in [3.8, 4) is 0 Å². The predicted molar refractivity (Wildman–Crippen MR) is 95.6 cm³/mol. The van der Waals surface area contributed by atoms with Crippen LogP contribution in [0.5, 0.6) is 0 Å². The number of alkyl halides is 1. The van der Waals surface area contributed by atoms with Gasteiger partial charge < -0.3 is 18.9 Å². The van der Waals surface area contributed by atoms with Gasteiger partial charge in [0.25, 0.3) is 5.56 Å². The van der Waals surface area contributed by atoms with Crippen LogP contribution >= 0.6 is 15.9 Å². The summed E-state index contributed by atoms with van der Waals surface area (Å²) in [6.45, 7) is 3.06. The number of nitrogens with one attached hydrogen (secondary N) is 1. The van der Waals surface area contributed by atoms with Crippen LogP contribution in [0.4, 0.5) is 0 Å². The normalized spacial score (nSPS) is 23.9. The molecule has 154 valence electrons. The average Bonchev–Trinajstić information content (AvgIpc) is 2.88. The molecule has 1 fully saturated rings. The van der Waals surface area contributed by atoms with Crippen molar-refractivity contribution >= 4 is 33.8 Å². The molecule has 0 unspecified atom stereocenters. The molecule has 0 saturated carbocycles. The first kappa shape index (κ1) is 21.8. The summed E-state index contributed by atoms with van der Waals surface area (Å²) in [4.78, 5) is 59.1. The molecule has 0 radical (unpaired) electrons. The van der Waals surface area contributed by atoms with Gasteiger partial charge in [-0.15, -0.1) is 0 Å².